The molecule has 16 heavy (non-hydrogen) atoms. The first kappa shape index (κ1) is 11.7. The SMILES string of the molecule is CC1=CC=C(N2CCC(CCO)CC2)CC1. The molecule has 0 radical (unpaired) electrons. The topological polar surface area (TPSA) is 23.5 Å². The van der Waals surface area contributed by atoms with Gasteiger partial charge in [0.1, 0.15) is 0 Å². The van der Waals surface area contributed by atoms with Gasteiger partial charge in [-0.1, -0.05) is 11.6 Å². The van der Waals surface area contributed by atoms with E-state index in [4.69, 9.17) is 5.11 Å². The van der Waals surface area contributed by atoms with Crippen LogP contribution in [0.15, 0.2) is 23.4 Å². The Bertz CT molecular complexity index is 285. The van der Waals surface area contributed by atoms with E-state index in [1.54, 1.807) is 0 Å². The van der Waals surface area contributed by atoms with E-state index in [1.807, 2.05) is 0 Å². The van der Waals surface area contributed by atoms with Gasteiger partial charge in [0, 0.05) is 25.4 Å². The summed E-state index contributed by atoms with van der Waals surface area (Å²) in [6.45, 7) is 4.93. The van der Waals surface area contributed by atoms with E-state index in [0.717, 1.165) is 12.3 Å². The molecule has 1 aliphatic heterocycles. The molecule has 0 atom stereocenters. The van der Waals surface area contributed by atoms with E-state index >= 15 is 0 Å². The molecule has 0 bridgehead atoms. The fraction of sp³-hybridized carbons (Fsp3) is 0.714. The molecule has 0 saturated carbocycles. The van der Waals surface area contributed by atoms with Crippen LogP contribution >= 0.6 is 0 Å². The molecule has 2 heteroatoms. The van der Waals surface area contributed by atoms with Crippen LogP contribution in [0.4, 0.5) is 0 Å². The highest BCUT2D eigenvalue weighted by Crippen LogP contribution is 2.27. The van der Waals surface area contributed by atoms with Gasteiger partial charge in [-0.25, -0.2) is 0 Å². The fourth-order valence-electron chi connectivity index (χ4n) is 2.69. The molecular weight excluding hydrogens is 198 g/mol. The van der Waals surface area contributed by atoms with Gasteiger partial charge in [-0.2, -0.15) is 0 Å². The summed E-state index contributed by atoms with van der Waals surface area (Å²) in [6, 6.07) is 0. The number of piperidine rings is 1. The summed E-state index contributed by atoms with van der Waals surface area (Å²) in [7, 11) is 0. The first-order chi connectivity index (χ1) is 7.79. The lowest BCUT2D eigenvalue weighted by molar-refractivity contribution is 0.181. The Morgan fingerprint density at radius 3 is 2.56 bits per heavy atom. The number of allylic oxidation sites excluding steroid dienone is 4. The summed E-state index contributed by atoms with van der Waals surface area (Å²) in [5.74, 6) is 0.753. The molecule has 90 valence electrons. The van der Waals surface area contributed by atoms with Crippen LogP contribution in [0, 0.1) is 5.92 Å². The number of hydrogen-bond acceptors (Lipinski definition) is 2. The van der Waals surface area contributed by atoms with E-state index < -0.39 is 0 Å². The summed E-state index contributed by atoms with van der Waals surface area (Å²) in [4.78, 5) is 2.54. The number of hydrogen-bond donors (Lipinski definition) is 1. The molecule has 0 aromatic carbocycles. The van der Waals surface area contributed by atoms with Crippen molar-refractivity contribution in [3.63, 3.8) is 0 Å². The number of aliphatic hydroxyl groups excluding tert-OH is 1. The summed E-state index contributed by atoms with van der Waals surface area (Å²) in [6.07, 6.45) is 10.5. The van der Waals surface area contributed by atoms with Gasteiger partial charge in [-0.15, -0.1) is 0 Å². The largest absolute Gasteiger partial charge is 0.396 e. The van der Waals surface area contributed by atoms with Crippen LogP contribution in [-0.2, 0) is 0 Å². The Hall–Kier alpha value is -0.760. The van der Waals surface area contributed by atoms with E-state index in [2.05, 4.69) is 24.0 Å². The van der Waals surface area contributed by atoms with Crippen molar-refractivity contribution in [3.05, 3.63) is 23.4 Å². The Balaban J connectivity index is 1.85. The van der Waals surface area contributed by atoms with E-state index in [-0.39, 0.29) is 0 Å². The Kier molecular flexibility index (Phi) is 4.05. The molecule has 2 nitrogen and oxygen atoms in total. The van der Waals surface area contributed by atoms with Gasteiger partial charge >= 0.3 is 0 Å². The minimum atomic E-state index is 0.356. The zero-order valence-corrected chi connectivity index (χ0v) is 10.3. The molecule has 0 amide bonds. The molecule has 0 unspecified atom stereocenters. The number of likely N-dealkylation sites (tertiary alicyclic amines) is 1. The Labute approximate surface area is 98.6 Å². The first-order valence-electron chi connectivity index (χ1n) is 6.51. The van der Waals surface area contributed by atoms with Crippen LogP contribution in [0.25, 0.3) is 0 Å². The third kappa shape index (κ3) is 2.88. The van der Waals surface area contributed by atoms with Crippen LogP contribution in [0.5, 0.6) is 0 Å². The summed E-state index contributed by atoms with van der Waals surface area (Å²) >= 11 is 0. The van der Waals surface area contributed by atoms with Gasteiger partial charge in [0.25, 0.3) is 0 Å². The zero-order chi connectivity index (χ0) is 11.4. The average Bonchev–Trinajstić information content (AvgIpc) is 2.32. The highest BCUT2D eigenvalue weighted by atomic mass is 16.3. The van der Waals surface area contributed by atoms with E-state index in [1.165, 1.54) is 50.0 Å². The maximum Gasteiger partial charge on any atom is 0.0433 e. The van der Waals surface area contributed by atoms with Gasteiger partial charge < -0.3 is 10.0 Å². The molecular formula is C14H23NO. The van der Waals surface area contributed by atoms with Gasteiger partial charge in [0.15, 0.2) is 0 Å². The van der Waals surface area contributed by atoms with Crippen molar-refractivity contribution in [1.82, 2.24) is 4.90 Å². The smallest absolute Gasteiger partial charge is 0.0433 e. The quantitative estimate of drug-likeness (QED) is 0.792. The average molecular weight is 221 g/mol. The highest BCUT2D eigenvalue weighted by molar-refractivity contribution is 5.22. The first-order valence-corrected chi connectivity index (χ1v) is 6.51. The van der Waals surface area contributed by atoms with Crippen molar-refractivity contribution in [2.75, 3.05) is 19.7 Å². The second-order valence-electron chi connectivity index (χ2n) is 5.11. The number of nitrogens with zero attached hydrogens (tertiary/aromatic N) is 1. The molecule has 1 N–H and O–H groups in total. The lowest BCUT2D eigenvalue weighted by atomic mass is 9.92. The number of rotatable bonds is 3. The summed E-state index contributed by atoms with van der Waals surface area (Å²) in [5, 5.41) is 8.93. The Morgan fingerprint density at radius 1 is 1.25 bits per heavy atom. The van der Waals surface area contributed by atoms with Crippen LogP contribution in [-0.4, -0.2) is 29.7 Å². The number of aliphatic hydroxyl groups is 1. The van der Waals surface area contributed by atoms with Crippen LogP contribution < -0.4 is 0 Å². The van der Waals surface area contributed by atoms with Gasteiger partial charge in [0.05, 0.1) is 0 Å². The zero-order valence-electron chi connectivity index (χ0n) is 10.3. The van der Waals surface area contributed by atoms with E-state index in [0.29, 0.717) is 6.61 Å². The van der Waals surface area contributed by atoms with Gasteiger partial charge in [-0.3, -0.25) is 0 Å². The molecule has 2 aliphatic rings. The van der Waals surface area contributed by atoms with Crippen molar-refractivity contribution < 1.29 is 5.11 Å². The van der Waals surface area contributed by atoms with Crippen LogP contribution in [0.3, 0.4) is 0 Å². The van der Waals surface area contributed by atoms with Gasteiger partial charge in [-0.05, 0) is 51.0 Å². The summed E-state index contributed by atoms with van der Waals surface area (Å²) in [5.41, 5.74) is 3.02. The molecule has 0 aromatic heterocycles. The maximum absolute atomic E-state index is 8.93. The van der Waals surface area contributed by atoms with Crippen molar-refractivity contribution in [2.45, 2.75) is 39.0 Å². The second-order valence-corrected chi connectivity index (χ2v) is 5.11. The van der Waals surface area contributed by atoms with Crippen molar-refractivity contribution in [1.29, 1.82) is 0 Å². The highest BCUT2D eigenvalue weighted by Gasteiger charge is 2.20. The van der Waals surface area contributed by atoms with Crippen LogP contribution in [0.2, 0.25) is 0 Å². The minimum Gasteiger partial charge on any atom is -0.396 e. The Morgan fingerprint density at radius 2 is 2.00 bits per heavy atom. The van der Waals surface area contributed by atoms with Crippen molar-refractivity contribution in [2.24, 2.45) is 5.92 Å². The summed E-state index contributed by atoms with van der Waals surface area (Å²) < 4.78 is 0. The molecule has 1 aliphatic carbocycles. The predicted molar refractivity (Wildman–Crippen MR) is 67.1 cm³/mol. The van der Waals surface area contributed by atoms with Crippen molar-refractivity contribution in [3.8, 4) is 0 Å². The maximum atomic E-state index is 8.93. The normalized spacial score (nSPS) is 23.0. The monoisotopic (exact) mass is 221 g/mol. The standard InChI is InChI=1S/C14H23NO/c1-12-2-4-14(5-3-12)15-9-6-13(7-10-15)8-11-16/h2,4,13,16H,3,5-11H2,1H3. The van der Waals surface area contributed by atoms with Gasteiger partial charge in [0.2, 0.25) is 0 Å². The van der Waals surface area contributed by atoms with Crippen molar-refractivity contribution >= 4 is 0 Å². The predicted octanol–water partition coefficient (Wildman–Crippen LogP) is 2.70. The lowest BCUT2D eigenvalue weighted by Crippen LogP contribution is -2.33. The van der Waals surface area contributed by atoms with E-state index in [9.17, 15) is 0 Å². The molecule has 1 saturated heterocycles. The minimum absolute atomic E-state index is 0.356. The molecule has 0 aromatic rings. The fourth-order valence-corrected chi connectivity index (χ4v) is 2.69. The lowest BCUT2D eigenvalue weighted by Gasteiger charge is -2.36. The second kappa shape index (κ2) is 5.53. The molecule has 0 spiro atoms. The molecule has 1 fully saturated rings. The van der Waals surface area contributed by atoms with Crippen LogP contribution in [0.1, 0.15) is 39.0 Å². The molecule has 1 heterocycles. The molecule has 2 rings (SSSR count). The third-order valence-electron chi connectivity index (χ3n) is 3.89. The third-order valence-corrected chi connectivity index (χ3v) is 3.89.